The maximum absolute atomic E-state index is 12.3. The van der Waals surface area contributed by atoms with Gasteiger partial charge in [-0.2, -0.15) is 0 Å². The van der Waals surface area contributed by atoms with Gasteiger partial charge in [0.25, 0.3) is 5.91 Å². The second kappa shape index (κ2) is 8.39. The lowest BCUT2D eigenvalue weighted by atomic mass is 9.95. The average molecular weight is 430 g/mol. The van der Waals surface area contributed by atoms with Crippen LogP contribution in [0.5, 0.6) is 0 Å². The molecule has 0 saturated heterocycles. The van der Waals surface area contributed by atoms with Gasteiger partial charge in [-0.15, -0.1) is 12.4 Å². The molecule has 29 heavy (non-hydrogen) atoms. The number of nitrogens with one attached hydrogen (secondary N) is 3. The first kappa shape index (κ1) is 20.3. The van der Waals surface area contributed by atoms with Gasteiger partial charge in [0.1, 0.15) is 0 Å². The molecule has 0 bridgehead atoms. The number of rotatable bonds is 4. The van der Waals surface area contributed by atoms with E-state index in [1.807, 2.05) is 12.1 Å². The fourth-order valence-corrected chi connectivity index (χ4v) is 4.77. The molecule has 1 amide bonds. The van der Waals surface area contributed by atoms with Crippen LogP contribution in [0.2, 0.25) is 5.02 Å². The Balaban J connectivity index is 0.00000205. The van der Waals surface area contributed by atoms with Crippen LogP contribution in [-0.2, 0) is 13.1 Å². The summed E-state index contributed by atoms with van der Waals surface area (Å²) in [5.74, 6) is -0.0523. The van der Waals surface area contributed by atoms with Crippen LogP contribution in [-0.4, -0.2) is 16.9 Å². The first-order valence-electron chi connectivity index (χ1n) is 10.1. The van der Waals surface area contributed by atoms with Gasteiger partial charge in [0.15, 0.2) is 0 Å². The molecule has 0 spiro atoms. The third-order valence-corrected chi connectivity index (χ3v) is 6.44. The van der Waals surface area contributed by atoms with Crippen molar-refractivity contribution in [3.8, 4) is 11.3 Å². The summed E-state index contributed by atoms with van der Waals surface area (Å²) >= 11 is 6.28. The number of aromatic nitrogens is 1. The van der Waals surface area contributed by atoms with Gasteiger partial charge in [0.2, 0.25) is 0 Å². The number of H-pyrrole nitrogens is 1. The summed E-state index contributed by atoms with van der Waals surface area (Å²) in [5, 5.41) is 8.40. The van der Waals surface area contributed by atoms with Crippen molar-refractivity contribution >= 4 is 40.8 Å². The minimum Gasteiger partial charge on any atom is -0.355 e. The number of amides is 1. The van der Waals surface area contributed by atoms with Gasteiger partial charge in [0, 0.05) is 51.9 Å². The number of hydrogen-bond acceptors (Lipinski definition) is 2. The molecule has 0 atom stereocenters. The van der Waals surface area contributed by atoms with Crippen LogP contribution in [0.4, 0.5) is 0 Å². The molecule has 1 aliphatic carbocycles. The van der Waals surface area contributed by atoms with Gasteiger partial charge >= 0.3 is 0 Å². The zero-order valence-corrected chi connectivity index (χ0v) is 17.8. The van der Waals surface area contributed by atoms with E-state index in [0.717, 1.165) is 28.9 Å². The van der Waals surface area contributed by atoms with E-state index in [9.17, 15) is 4.79 Å². The van der Waals surface area contributed by atoms with Crippen molar-refractivity contribution in [1.29, 1.82) is 0 Å². The van der Waals surface area contributed by atoms with Gasteiger partial charge in [-0.3, -0.25) is 4.79 Å². The van der Waals surface area contributed by atoms with E-state index in [1.165, 1.54) is 43.1 Å². The minimum atomic E-state index is -0.0523. The van der Waals surface area contributed by atoms with E-state index in [1.54, 1.807) is 0 Å². The number of carbonyl (C=O) groups is 1. The molecule has 0 radical (unpaired) electrons. The van der Waals surface area contributed by atoms with Crippen LogP contribution in [0.15, 0.2) is 36.4 Å². The molecule has 6 heteroatoms. The maximum Gasteiger partial charge on any atom is 0.252 e. The van der Waals surface area contributed by atoms with Crippen LogP contribution in [0.1, 0.15) is 53.6 Å². The highest BCUT2D eigenvalue weighted by atomic mass is 35.5. The molecule has 1 aliphatic heterocycles. The smallest absolute Gasteiger partial charge is 0.252 e. The van der Waals surface area contributed by atoms with Crippen molar-refractivity contribution in [1.82, 2.24) is 15.6 Å². The molecule has 4 nitrogen and oxygen atoms in total. The third-order valence-electron chi connectivity index (χ3n) is 6.08. The molecule has 0 unspecified atom stereocenters. The molecule has 3 N–H and O–H groups in total. The van der Waals surface area contributed by atoms with E-state index in [-0.39, 0.29) is 18.3 Å². The van der Waals surface area contributed by atoms with E-state index < -0.39 is 0 Å². The third kappa shape index (κ3) is 3.89. The summed E-state index contributed by atoms with van der Waals surface area (Å²) < 4.78 is 0. The van der Waals surface area contributed by atoms with Crippen molar-refractivity contribution in [2.45, 2.75) is 51.2 Å². The van der Waals surface area contributed by atoms with Crippen LogP contribution in [0, 0.1) is 0 Å². The molecule has 2 aromatic carbocycles. The van der Waals surface area contributed by atoms with E-state index in [0.29, 0.717) is 23.2 Å². The summed E-state index contributed by atoms with van der Waals surface area (Å²) in [6.07, 6.45) is 6.65. The largest absolute Gasteiger partial charge is 0.355 e. The number of halogens is 2. The quantitative estimate of drug-likeness (QED) is 0.507. The summed E-state index contributed by atoms with van der Waals surface area (Å²) in [5.41, 5.74) is 5.82. The first-order valence-corrected chi connectivity index (χ1v) is 10.5. The number of benzene rings is 2. The van der Waals surface area contributed by atoms with Crippen molar-refractivity contribution in [3.05, 3.63) is 58.1 Å². The SMILES string of the molecule is Cl.O=C1NCc2c(Cl)ccc(-c3cc4cc(CNC5CCCCC5)ccc4[nH]3)c21. The highest BCUT2D eigenvalue weighted by Crippen LogP contribution is 2.34. The normalized spacial score (nSPS) is 16.5. The van der Waals surface area contributed by atoms with Crippen LogP contribution in [0.3, 0.4) is 0 Å². The van der Waals surface area contributed by atoms with Crippen LogP contribution in [0.25, 0.3) is 22.2 Å². The molecular formula is C23H25Cl2N3O. The fraction of sp³-hybridized carbons (Fsp3) is 0.348. The van der Waals surface area contributed by atoms with Crippen molar-refractivity contribution in [3.63, 3.8) is 0 Å². The van der Waals surface area contributed by atoms with Gasteiger partial charge < -0.3 is 15.6 Å². The number of fused-ring (bicyclic) bond motifs is 2. The Morgan fingerprint density at radius 1 is 1.07 bits per heavy atom. The van der Waals surface area contributed by atoms with Gasteiger partial charge in [-0.05, 0) is 42.7 Å². The molecular weight excluding hydrogens is 405 g/mol. The van der Waals surface area contributed by atoms with Gasteiger partial charge in [-0.1, -0.05) is 43.0 Å². The summed E-state index contributed by atoms with van der Waals surface area (Å²) in [4.78, 5) is 15.8. The van der Waals surface area contributed by atoms with E-state index in [4.69, 9.17) is 11.6 Å². The van der Waals surface area contributed by atoms with E-state index in [2.05, 4.69) is 39.9 Å². The van der Waals surface area contributed by atoms with Crippen LogP contribution < -0.4 is 10.6 Å². The topological polar surface area (TPSA) is 56.9 Å². The Labute approximate surface area is 181 Å². The average Bonchev–Trinajstić information content (AvgIpc) is 3.32. The van der Waals surface area contributed by atoms with Crippen molar-refractivity contribution in [2.75, 3.05) is 0 Å². The summed E-state index contributed by atoms with van der Waals surface area (Å²) in [6, 6.07) is 13.1. The lowest BCUT2D eigenvalue weighted by molar-refractivity contribution is 0.0966. The second-order valence-electron chi connectivity index (χ2n) is 7.95. The highest BCUT2D eigenvalue weighted by Gasteiger charge is 2.26. The number of hydrogen-bond donors (Lipinski definition) is 3. The molecule has 2 aliphatic rings. The lowest BCUT2D eigenvalue weighted by Gasteiger charge is -2.22. The molecule has 2 heterocycles. The summed E-state index contributed by atoms with van der Waals surface area (Å²) in [7, 11) is 0. The first-order chi connectivity index (χ1) is 13.7. The zero-order valence-electron chi connectivity index (χ0n) is 16.2. The molecule has 1 saturated carbocycles. The molecule has 1 aromatic heterocycles. The van der Waals surface area contributed by atoms with Gasteiger partial charge in [0.05, 0.1) is 5.56 Å². The molecule has 152 valence electrons. The second-order valence-corrected chi connectivity index (χ2v) is 8.36. The van der Waals surface area contributed by atoms with Crippen LogP contribution >= 0.6 is 24.0 Å². The van der Waals surface area contributed by atoms with Gasteiger partial charge in [-0.25, -0.2) is 0 Å². The number of aromatic amines is 1. The standard InChI is InChI=1S/C23H24ClN3O.ClH/c24-19-8-7-17(22-18(19)13-26-23(22)28)21-11-15-10-14(6-9-20(15)27-21)12-25-16-4-2-1-3-5-16;/h6-11,16,25,27H,1-5,12-13H2,(H,26,28);1H. The Hall–Kier alpha value is -2.01. The highest BCUT2D eigenvalue weighted by molar-refractivity contribution is 6.32. The predicted molar refractivity (Wildman–Crippen MR) is 121 cm³/mol. The zero-order chi connectivity index (χ0) is 19.1. The van der Waals surface area contributed by atoms with Crippen molar-refractivity contribution < 1.29 is 4.79 Å². The monoisotopic (exact) mass is 429 g/mol. The number of carbonyl (C=O) groups excluding carboxylic acids is 1. The molecule has 5 rings (SSSR count). The fourth-order valence-electron chi connectivity index (χ4n) is 4.54. The molecule has 1 fully saturated rings. The van der Waals surface area contributed by atoms with Crippen molar-refractivity contribution in [2.24, 2.45) is 0 Å². The Bertz CT molecular complexity index is 1050. The lowest BCUT2D eigenvalue weighted by Crippen LogP contribution is -2.30. The Kier molecular flexibility index (Phi) is 5.86. The molecule has 3 aromatic rings. The predicted octanol–water partition coefficient (Wildman–Crippen LogP) is 5.58. The Morgan fingerprint density at radius 3 is 2.72 bits per heavy atom. The minimum absolute atomic E-state index is 0. The van der Waals surface area contributed by atoms with E-state index >= 15 is 0 Å². The Morgan fingerprint density at radius 2 is 1.90 bits per heavy atom. The maximum atomic E-state index is 12.3. The summed E-state index contributed by atoms with van der Waals surface area (Å²) in [6.45, 7) is 1.40.